The van der Waals surface area contributed by atoms with Gasteiger partial charge in [-0.2, -0.15) is 0 Å². The third kappa shape index (κ3) is 13.2. The summed E-state index contributed by atoms with van der Waals surface area (Å²) in [6.07, 6.45) is 10.4. The first-order chi connectivity index (χ1) is 12.8. The molecule has 1 aliphatic carbocycles. The van der Waals surface area contributed by atoms with Crippen LogP contribution in [-0.4, -0.2) is 18.0 Å². The number of allylic oxidation sites excluding steroid dienone is 2. The molecular formula is C22H37F2NO2. The number of methoxy groups -OCH3 is 1. The molecule has 1 atom stereocenters. The molecule has 0 radical (unpaired) electrons. The second kappa shape index (κ2) is 14.4. The van der Waals surface area contributed by atoms with Gasteiger partial charge in [0, 0.05) is 25.1 Å². The van der Waals surface area contributed by atoms with Gasteiger partial charge < -0.3 is 9.72 Å². The lowest BCUT2D eigenvalue weighted by atomic mass is 9.93. The molecule has 5 heteroatoms. The number of unbranched alkanes of at least 4 members (excludes halogenated alkanes) is 1. The van der Waals surface area contributed by atoms with Crippen LogP contribution in [0.2, 0.25) is 0 Å². The number of pyridine rings is 1. The number of aromatic amines is 1. The molecule has 1 aromatic heterocycles. The van der Waals surface area contributed by atoms with E-state index >= 15 is 0 Å². The van der Waals surface area contributed by atoms with E-state index < -0.39 is 5.92 Å². The van der Waals surface area contributed by atoms with Gasteiger partial charge in [-0.15, -0.1) is 0 Å². The van der Waals surface area contributed by atoms with Crippen molar-refractivity contribution in [3.05, 3.63) is 40.3 Å². The van der Waals surface area contributed by atoms with Crippen LogP contribution < -0.4 is 10.3 Å². The first-order valence-electron chi connectivity index (χ1n) is 10.0. The topological polar surface area (TPSA) is 42.1 Å². The van der Waals surface area contributed by atoms with Crippen molar-refractivity contribution in [2.45, 2.75) is 85.0 Å². The molecule has 1 aromatic rings. The molecule has 0 aromatic carbocycles. The minimum Gasteiger partial charge on any atom is -0.495 e. The summed E-state index contributed by atoms with van der Waals surface area (Å²) in [5.74, 6) is -1.61. The predicted octanol–water partition coefficient (Wildman–Crippen LogP) is 6.75. The molecule has 1 unspecified atom stereocenters. The number of aromatic nitrogens is 1. The monoisotopic (exact) mass is 385 g/mol. The molecular weight excluding hydrogens is 348 g/mol. The number of nitrogens with one attached hydrogen (secondary N) is 1. The number of hydrogen-bond donors (Lipinski definition) is 1. The third-order valence-corrected chi connectivity index (χ3v) is 4.64. The van der Waals surface area contributed by atoms with Crippen molar-refractivity contribution >= 4 is 0 Å². The predicted molar refractivity (Wildman–Crippen MR) is 110 cm³/mol. The average Bonchev–Trinajstić information content (AvgIpc) is 2.60. The number of alkyl halides is 2. The lowest BCUT2D eigenvalue weighted by molar-refractivity contribution is -0.0310. The molecule has 1 aliphatic rings. The van der Waals surface area contributed by atoms with Crippen molar-refractivity contribution in [1.29, 1.82) is 0 Å². The van der Waals surface area contributed by atoms with Crippen LogP contribution in [0.1, 0.15) is 79.1 Å². The van der Waals surface area contributed by atoms with E-state index in [1.165, 1.54) is 31.5 Å². The maximum atomic E-state index is 13.0. The SMILES string of the molecule is CC=C1CCC1.CCCCC(F)(F)CC(C)CC.COc1ccc(=O)[nH]c1. The van der Waals surface area contributed by atoms with Gasteiger partial charge in [0.15, 0.2) is 0 Å². The molecule has 1 fully saturated rings. The molecule has 156 valence electrons. The minimum absolute atomic E-state index is 0.0590. The maximum Gasteiger partial charge on any atom is 0.248 e. The van der Waals surface area contributed by atoms with E-state index in [0.717, 1.165) is 12.8 Å². The highest BCUT2D eigenvalue weighted by atomic mass is 19.3. The summed E-state index contributed by atoms with van der Waals surface area (Å²) >= 11 is 0. The summed E-state index contributed by atoms with van der Waals surface area (Å²) < 4.78 is 30.9. The summed E-state index contributed by atoms with van der Waals surface area (Å²) in [5, 5.41) is 0. The van der Waals surface area contributed by atoms with Gasteiger partial charge in [0.1, 0.15) is 5.75 Å². The summed E-state index contributed by atoms with van der Waals surface area (Å²) in [6, 6.07) is 3.03. The third-order valence-electron chi connectivity index (χ3n) is 4.64. The Morgan fingerprint density at radius 1 is 1.30 bits per heavy atom. The van der Waals surface area contributed by atoms with Crippen molar-refractivity contribution in [2.75, 3.05) is 7.11 Å². The molecule has 1 heterocycles. The lowest BCUT2D eigenvalue weighted by Gasteiger charge is -2.19. The van der Waals surface area contributed by atoms with Gasteiger partial charge in [-0.3, -0.25) is 4.79 Å². The second-order valence-corrected chi connectivity index (χ2v) is 7.07. The molecule has 1 saturated carbocycles. The summed E-state index contributed by atoms with van der Waals surface area (Å²) in [6.45, 7) is 7.91. The first-order valence-corrected chi connectivity index (χ1v) is 10.0. The maximum absolute atomic E-state index is 13.0. The zero-order valence-electron chi connectivity index (χ0n) is 17.6. The van der Waals surface area contributed by atoms with Gasteiger partial charge in [-0.25, -0.2) is 8.78 Å². The molecule has 27 heavy (non-hydrogen) atoms. The van der Waals surface area contributed by atoms with Crippen molar-refractivity contribution in [3.63, 3.8) is 0 Å². The average molecular weight is 386 g/mol. The van der Waals surface area contributed by atoms with Crippen molar-refractivity contribution < 1.29 is 13.5 Å². The molecule has 0 aliphatic heterocycles. The largest absolute Gasteiger partial charge is 0.495 e. The number of hydrogen-bond acceptors (Lipinski definition) is 2. The van der Waals surface area contributed by atoms with Crippen LogP contribution >= 0.6 is 0 Å². The van der Waals surface area contributed by atoms with E-state index in [0.29, 0.717) is 12.2 Å². The smallest absolute Gasteiger partial charge is 0.248 e. The second-order valence-electron chi connectivity index (χ2n) is 7.07. The molecule has 0 amide bonds. The van der Waals surface area contributed by atoms with Gasteiger partial charge in [0.25, 0.3) is 0 Å². The Labute approximate surface area is 163 Å². The zero-order chi connectivity index (χ0) is 20.7. The number of rotatable bonds is 7. The highest BCUT2D eigenvalue weighted by molar-refractivity contribution is 5.14. The summed E-state index contributed by atoms with van der Waals surface area (Å²) in [5.41, 5.74) is 1.53. The van der Waals surface area contributed by atoms with Crippen LogP contribution in [0.4, 0.5) is 8.78 Å². The Bertz CT molecular complexity index is 555. The Kier molecular flexibility index (Phi) is 13.5. The van der Waals surface area contributed by atoms with Gasteiger partial charge in [-0.1, -0.05) is 45.3 Å². The first kappa shape index (κ1) is 25.4. The molecule has 0 saturated heterocycles. The quantitative estimate of drug-likeness (QED) is 0.528. The standard InChI is InChI=1S/C10H20F2.C6H7NO2.C6H10/c1-4-6-7-10(11,12)8-9(3)5-2;1-9-5-2-3-6(8)7-4-5;1-2-6-4-3-5-6/h9H,4-8H2,1-3H3;2-4H,1H3,(H,7,8);2H,3-5H2,1H3. The fourth-order valence-electron chi connectivity index (χ4n) is 2.38. The highest BCUT2D eigenvalue weighted by Crippen LogP contribution is 2.29. The summed E-state index contributed by atoms with van der Waals surface area (Å²) in [4.78, 5) is 12.9. The van der Waals surface area contributed by atoms with Gasteiger partial charge in [0.2, 0.25) is 11.5 Å². The Morgan fingerprint density at radius 2 is 1.96 bits per heavy atom. The van der Waals surface area contributed by atoms with Crippen molar-refractivity contribution in [3.8, 4) is 5.75 Å². The molecule has 3 nitrogen and oxygen atoms in total. The number of H-pyrrole nitrogens is 1. The Balaban J connectivity index is 0.000000395. The van der Waals surface area contributed by atoms with Crippen LogP contribution in [0.25, 0.3) is 0 Å². The van der Waals surface area contributed by atoms with E-state index in [4.69, 9.17) is 4.74 Å². The van der Waals surface area contributed by atoms with E-state index in [1.54, 1.807) is 18.7 Å². The Morgan fingerprint density at radius 3 is 2.30 bits per heavy atom. The fourth-order valence-corrected chi connectivity index (χ4v) is 2.38. The zero-order valence-corrected chi connectivity index (χ0v) is 17.6. The lowest BCUT2D eigenvalue weighted by Crippen LogP contribution is -2.19. The number of ether oxygens (including phenoxy) is 1. The molecule has 0 bridgehead atoms. The van der Waals surface area contributed by atoms with E-state index in [1.807, 2.05) is 20.8 Å². The van der Waals surface area contributed by atoms with E-state index in [2.05, 4.69) is 18.0 Å². The van der Waals surface area contributed by atoms with E-state index in [-0.39, 0.29) is 24.3 Å². The Hall–Kier alpha value is -1.65. The minimum atomic E-state index is -2.43. The van der Waals surface area contributed by atoms with Crippen LogP contribution in [0, 0.1) is 5.92 Å². The van der Waals surface area contributed by atoms with Gasteiger partial charge >= 0.3 is 0 Å². The van der Waals surface area contributed by atoms with Crippen molar-refractivity contribution in [2.24, 2.45) is 5.92 Å². The number of halogens is 2. The fraction of sp³-hybridized carbons (Fsp3) is 0.682. The van der Waals surface area contributed by atoms with Gasteiger partial charge in [-0.05, 0) is 44.6 Å². The van der Waals surface area contributed by atoms with Crippen molar-refractivity contribution in [1.82, 2.24) is 4.98 Å². The van der Waals surface area contributed by atoms with Crippen LogP contribution in [-0.2, 0) is 0 Å². The normalized spacial score (nSPS) is 14.0. The van der Waals surface area contributed by atoms with Crippen LogP contribution in [0.3, 0.4) is 0 Å². The molecule has 0 spiro atoms. The molecule has 2 rings (SSSR count). The molecule has 1 N–H and O–H groups in total. The van der Waals surface area contributed by atoms with E-state index in [9.17, 15) is 13.6 Å². The summed E-state index contributed by atoms with van der Waals surface area (Å²) in [7, 11) is 1.55. The highest BCUT2D eigenvalue weighted by Gasteiger charge is 2.29. The van der Waals surface area contributed by atoms with Crippen LogP contribution in [0.5, 0.6) is 5.75 Å². The van der Waals surface area contributed by atoms with Gasteiger partial charge in [0.05, 0.1) is 7.11 Å². The van der Waals surface area contributed by atoms with Crippen LogP contribution in [0.15, 0.2) is 34.8 Å².